The van der Waals surface area contributed by atoms with E-state index < -0.39 is 10.8 Å². The molecule has 0 aromatic carbocycles. The Morgan fingerprint density at radius 2 is 1.95 bits per heavy atom. The van der Waals surface area contributed by atoms with Crippen molar-refractivity contribution in [1.82, 2.24) is 34.5 Å². The molecule has 0 saturated heterocycles. The molecule has 2 N–H and O–H groups in total. The summed E-state index contributed by atoms with van der Waals surface area (Å²) in [6.07, 6.45) is 8.13. The third-order valence-corrected chi connectivity index (χ3v) is 7.90. The number of rotatable bonds is 10. The number of hydrogen-bond donors (Lipinski definition) is 2. The highest BCUT2D eigenvalue weighted by atomic mass is 32.2. The minimum absolute atomic E-state index is 0.155. The minimum atomic E-state index is -1.07. The molecule has 1 saturated carbocycles. The third kappa shape index (κ3) is 5.13. The van der Waals surface area contributed by atoms with E-state index >= 15 is 0 Å². The van der Waals surface area contributed by atoms with Gasteiger partial charge in [-0.1, -0.05) is 20.3 Å². The average molecular weight is 535 g/mol. The molecule has 1 aliphatic rings. The number of hydrogen-bond acceptors (Lipinski definition) is 9. The summed E-state index contributed by atoms with van der Waals surface area (Å²) in [4.78, 5) is 52.1. The van der Waals surface area contributed by atoms with Gasteiger partial charge in [-0.15, -0.1) is 0 Å². The van der Waals surface area contributed by atoms with Gasteiger partial charge in [0.2, 0.25) is 0 Å². The zero-order valence-corrected chi connectivity index (χ0v) is 22.4. The average Bonchev–Trinajstić information content (AvgIpc) is 3.77. The van der Waals surface area contributed by atoms with E-state index in [1.165, 1.54) is 6.33 Å². The van der Waals surface area contributed by atoms with Crippen LogP contribution in [0.25, 0.3) is 22.6 Å². The van der Waals surface area contributed by atoms with Crippen LogP contribution in [-0.4, -0.2) is 44.4 Å². The van der Waals surface area contributed by atoms with Crippen molar-refractivity contribution in [3.63, 3.8) is 0 Å². The summed E-state index contributed by atoms with van der Waals surface area (Å²) in [5, 5.41) is 3.11. The molecule has 2 atom stereocenters. The lowest BCUT2D eigenvalue weighted by atomic mass is 10.1. The molecule has 1 fully saturated rings. The van der Waals surface area contributed by atoms with Crippen LogP contribution in [0.2, 0.25) is 0 Å². The first-order chi connectivity index (χ1) is 18.4. The molecule has 0 bridgehead atoms. The Hall–Kier alpha value is -3.80. The number of nitrogens with one attached hydrogen (secondary N) is 2. The number of aromatic nitrogens is 7. The second-order valence-electron chi connectivity index (χ2n) is 9.41. The lowest BCUT2D eigenvalue weighted by Crippen LogP contribution is -2.29. The number of H-pyrrole nitrogens is 1. The maximum atomic E-state index is 13.6. The van der Waals surface area contributed by atoms with Crippen LogP contribution in [0.15, 0.2) is 45.3 Å². The fourth-order valence-corrected chi connectivity index (χ4v) is 5.20. The molecule has 0 radical (unpaired) electrons. The molecule has 38 heavy (non-hydrogen) atoms. The highest BCUT2D eigenvalue weighted by molar-refractivity contribution is 7.85. The van der Waals surface area contributed by atoms with Gasteiger partial charge in [-0.3, -0.25) is 23.3 Å². The van der Waals surface area contributed by atoms with Crippen molar-refractivity contribution in [2.24, 2.45) is 0 Å². The number of fused-ring (bicyclic) bond motifs is 1. The predicted molar refractivity (Wildman–Crippen MR) is 146 cm³/mol. The molecule has 5 rings (SSSR count). The molecule has 4 aromatic heterocycles. The van der Waals surface area contributed by atoms with Gasteiger partial charge in [0.15, 0.2) is 17.3 Å². The smallest absolute Gasteiger partial charge is 0.295 e. The fourth-order valence-electron chi connectivity index (χ4n) is 4.48. The monoisotopic (exact) mass is 534 g/mol. The van der Waals surface area contributed by atoms with Crippen LogP contribution in [0.4, 0.5) is 5.82 Å². The molecule has 12 heteroatoms. The molecule has 198 valence electrons. The van der Waals surface area contributed by atoms with E-state index in [-0.39, 0.29) is 41.3 Å². The summed E-state index contributed by atoms with van der Waals surface area (Å²) in [5.41, 5.74) is 1.93. The van der Waals surface area contributed by atoms with Crippen LogP contribution in [0, 0.1) is 0 Å². The quantitative estimate of drug-likeness (QED) is 0.312. The summed E-state index contributed by atoms with van der Waals surface area (Å²) in [6.45, 7) is 6.15. The molecular formula is C26H30N8O3S. The van der Waals surface area contributed by atoms with Gasteiger partial charge >= 0.3 is 0 Å². The van der Waals surface area contributed by atoms with Crippen LogP contribution in [0.3, 0.4) is 0 Å². The van der Waals surface area contributed by atoms with E-state index in [4.69, 9.17) is 4.98 Å². The molecule has 0 aliphatic heterocycles. The predicted octanol–water partition coefficient (Wildman–Crippen LogP) is 3.31. The maximum Gasteiger partial charge on any atom is 0.295 e. The summed E-state index contributed by atoms with van der Waals surface area (Å²) in [6, 6.07) is 3.41. The number of anilines is 1. The summed E-state index contributed by atoms with van der Waals surface area (Å²) >= 11 is 0. The number of pyridine rings is 1. The topological polar surface area (TPSA) is 148 Å². The summed E-state index contributed by atoms with van der Waals surface area (Å²) < 4.78 is 13.6. The first kappa shape index (κ1) is 25.8. The van der Waals surface area contributed by atoms with Crippen molar-refractivity contribution in [2.75, 3.05) is 11.1 Å². The fraction of sp³-hybridized carbons (Fsp3) is 0.423. The first-order valence-electron chi connectivity index (χ1n) is 12.9. The van der Waals surface area contributed by atoms with Gasteiger partial charge < -0.3 is 10.3 Å². The Labute approximate surface area is 221 Å². The van der Waals surface area contributed by atoms with Gasteiger partial charge in [0.25, 0.3) is 11.1 Å². The Balaban J connectivity index is 1.55. The van der Waals surface area contributed by atoms with Crippen LogP contribution in [0.5, 0.6) is 0 Å². The maximum absolute atomic E-state index is 13.6. The Morgan fingerprint density at radius 1 is 1.13 bits per heavy atom. The van der Waals surface area contributed by atoms with Crippen molar-refractivity contribution < 1.29 is 4.21 Å². The minimum Gasteiger partial charge on any atom is -0.360 e. The molecule has 4 heterocycles. The van der Waals surface area contributed by atoms with Gasteiger partial charge in [0.1, 0.15) is 11.1 Å². The Kier molecular flexibility index (Phi) is 7.41. The summed E-state index contributed by atoms with van der Waals surface area (Å²) in [7, 11) is -1.07. The third-order valence-electron chi connectivity index (χ3n) is 6.61. The van der Waals surface area contributed by atoms with E-state index in [0.29, 0.717) is 38.8 Å². The van der Waals surface area contributed by atoms with Crippen molar-refractivity contribution in [1.29, 1.82) is 0 Å². The van der Waals surface area contributed by atoms with E-state index in [9.17, 15) is 13.8 Å². The van der Waals surface area contributed by atoms with E-state index in [1.807, 2.05) is 13.8 Å². The standard InChI is InChI=1S/C26H30N8O3S/c1-4-6-15(3)34-24-19(13-29-22(33-24)20-21(16-7-8-16)30-14-31-25(20)35)32-23(26(34)36)28-11-17-9-10-18(12-27-17)38(37)5-2/h9-10,12-16H,4-8,11H2,1-3H3,(H,28,32)(H,30,31,35)/t15-,38?/m0/s1. The van der Waals surface area contributed by atoms with Gasteiger partial charge in [-0.2, -0.15) is 0 Å². The van der Waals surface area contributed by atoms with Gasteiger partial charge in [0.05, 0.1) is 46.2 Å². The summed E-state index contributed by atoms with van der Waals surface area (Å²) in [5.74, 6) is 1.15. The zero-order chi connectivity index (χ0) is 26.8. The van der Waals surface area contributed by atoms with E-state index in [0.717, 1.165) is 25.7 Å². The van der Waals surface area contributed by atoms with Crippen LogP contribution >= 0.6 is 0 Å². The molecular weight excluding hydrogens is 504 g/mol. The Morgan fingerprint density at radius 3 is 2.63 bits per heavy atom. The van der Waals surface area contributed by atoms with E-state index in [1.54, 1.807) is 29.1 Å². The molecule has 1 aliphatic carbocycles. The SMILES string of the molecule is CCC[C@H](C)n1c(=O)c(NCc2ccc(S(=O)CC)cn2)nc2cnc(-c3c(C4CC4)nc[nH]c3=O)nc21. The normalized spacial score (nSPS) is 14.9. The lowest BCUT2D eigenvalue weighted by molar-refractivity contribution is 0.497. The molecule has 1 unspecified atom stereocenters. The van der Waals surface area contributed by atoms with Crippen LogP contribution in [0.1, 0.15) is 69.8 Å². The molecule has 0 spiro atoms. The van der Waals surface area contributed by atoms with Gasteiger partial charge in [0, 0.05) is 23.9 Å². The zero-order valence-electron chi connectivity index (χ0n) is 21.6. The molecule has 0 amide bonds. The largest absolute Gasteiger partial charge is 0.360 e. The van der Waals surface area contributed by atoms with Crippen molar-refractivity contribution in [3.8, 4) is 11.4 Å². The van der Waals surface area contributed by atoms with E-state index in [2.05, 4.69) is 37.2 Å². The highest BCUT2D eigenvalue weighted by Crippen LogP contribution is 2.41. The van der Waals surface area contributed by atoms with Gasteiger partial charge in [-0.25, -0.2) is 19.9 Å². The second-order valence-corrected chi connectivity index (χ2v) is 11.2. The first-order valence-corrected chi connectivity index (χ1v) is 14.2. The van der Waals surface area contributed by atoms with Crippen molar-refractivity contribution in [2.45, 2.75) is 69.9 Å². The van der Waals surface area contributed by atoms with Crippen LogP contribution < -0.4 is 16.4 Å². The van der Waals surface area contributed by atoms with Gasteiger partial charge in [-0.05, 0) is 38.3 Å². The molecule has 11 nitrogen and oxygen atoms in total. The van der Waals surface area contributed by atoms with Crippen molar-refractivity contribution >= 4 is 27.8 Å². The van der Waals surface area contributed by atoms with Crippen molar-refractivity contribution in [3.05, 3.63) is 62.9 Å². The highest BCUT2D eigenvalue weighted by Gasteiger charge is 2.30. The lowest BCUT2D eigenvalue weighted by Gasteiger charge is -2.18. The van der Waals surface area contributed by atoms with Crippen LogP contribution in [-0.2, 0) is 17.3 Å². The molecule has 4 aromatic rings. The number of aromatic amines is 1. The second kappa shape index (κ2) is 10.9. The number of nitrogens with zero attached hydrogens (tertiary/aromatic N) is 6. The Bertz CT molecular complexity index is 1610.